The van der Waals surface area contributed by atoms with Crippen molar-refractivity contribution in [3.63, 3.8) is 0 Å². The van der Waals surface area contributed by atoms with Crippen molar-refractivity contribution < 1.29 is 66.6 Å². The fourth-order valence-electron chi connectivity index (χ4n) is 0.953. The first-order valence-electron chi connectivity index (χ1n) is 5.32. The largest absolute Gasteiger partial charge is 0 e. The van der Waals surface area contributed by atoms with Gasteiger partial charge in [-0.05, 0) is 25.0 Å². The second kappa shape index (κ2) is 43.6. The van der Waals surface area contributed by atoms with Gasteiger partial charge in [0.2, 0.25) is 0 Å². The van der Waals surface area contributed by atoms with Gasteiger partial charge in [-0.1, -0.05) is 30.0 Å². The van der Waals surface area contributed by atoms with Crippen LogP contribution >= 0.6 is 0 Å². The van der Waals surface area contributed by atoms with Crippen LogP contribution in [0.25, 0.3) is 0 Å². The molecular formula is C17H10Co2O7. The van der Waals surface area contributed by atoms with Crippen molar-refractivity contribution in [3.05, 3.63) is 75.8 Å². The van der Waals surface area contributed by atoms with Crippen LogP contribution in [0.3, 0.4) is 0 Å². The maximum Gasteiger partial charge on any atom is 0 e. The van der Waals surface area contributed by atoms with Crippen LogP contribution in [0.15, 0.2) is 30.3 Å². The first-order valence-corrected chi connectivity index (χ1v) is 5.32. The topological polar surface area (TPSA) is 140 Å². The maximum absolute atomic E-state index is 9.42. The third kappa shape index (κ3) is 33.7. The van der Waals surface area contributed by atoms with E-state index >= 15 is 0 Å². The molecule has 1 aromatic rings. The number of benzene rings is 1. The summed E-state index contributed by atoms with van der Waals surface area (Å²) in [5.41, 5.74) is 0.313. The molecule has 1 aliphatic carbocycles. The summed E-state index contributed by atoms with van der Waals surface area (Å²) in [6.07, 6.45) is 1.65. The van der Waals surface area contributed by atoms with Gasteiger partial charge in [0.25, 0.3) is 0 Å². The normalized spacial score (nSPS) is 8.65. The van der Waals surface area contributed by atoms with Gasteiger partial charge in [-0.25, -0.2) is 0 Å². The predicted molar refractivity (Wildman–Crippen MR) is 71.1 cm³/mol. The van der Waals surface area contributed by atoms with Gasteiger partial charge in [-0.2, -0.15) is 0 Å². The van der Waals surface area contributed by atoms with Crippen molar-refractivity contribution >= 4 is 0 Å². The first kappa shape index (κ1) is 44.0. The summed E-state index contributed by atoms with van der Waals surface area (Å²) in [7, 11) is 0. The molecule has 0 bridgehead atoms. The molecule has 138 valence electrons. The molecule has 0 aromatic heterocycles. The number of aliphatic hydroxyl groups is 1. The van der Waals surface area contributed by atoms with E-state index in [2.05, 4.69) is 51.7 Å². The van der Waals surface area contributed by atoms with Crippen LogP contribution in [-0.2, 0) is 61.5 Å². The van der Waals surface area contributed by atoms with Crippen LogP contribution in [0.1, 0.15) is 18.4 Å². The van der Waals surface area contributed by atoms with E-state index in [4.69, 9.17) is 27.9 Å². The van der Waals surface area contributed by atoms with Gasteiger partial charge >= 0.3 is 67.8 Å². The smallest absolute Gasteiger partial charge is 0 e. The Balaban J connectivity index is -0.0000000448. The first-order chi connectivity index (χ1) is 11.8. The molecule has 1 aromatic carbocycles. The van der Waals surface area contributed by atoms with Crippen LogP contribution in [0.5, 0.6) is 0 Å². The van der Waals surface area contributed by atoms with Gasteiger partial charge in [0.1, 0.15) is 5.60 Å². The summed E-state index contributed by atoms with van der Waals surface area (Å²) in [4.78, 5) is 0. The van der Waals surface area contributed by atoms with Crippen LogP contribution in [0.4, 0.5) is 0 Å². The van der Waals surface area contributed by atoms with Crippen molar-refractivity contribution in [3.8, 4) is 11.8 Å². The standard InChI is InChI=1S/C11H10O.6CO.2Co/c12-11(8-9-11)7-6-10-4-2-1-3-5-10;6*1-2;;/h1-5,12H,8-9H2;;;;;;;;. The van der Waals surface area contributed by atoms with Crippen LogP contribution in [0.2, 0.25) is 0 Å². The molecule has 1 N–H and O–H groups in total. The van der Waals surface area contributed by atoms with E-state index in [1.54, 1.807) is 0 Å². The number of hydrogen-bond acceptors (Lipinski definition) is 1. The Morgan fingerprint density at radius 2 is 1.00 bits per heavy atom. The van der Waals surface area contributed by atoms with Gasteiger partial charge in [-0.15, -0.1) is 0 Å². The Kier molecular flexibility index (Phi) is 73.8. The Morgan fingerprint density at radius 3 is 1.27 bits per heavy atom. The van der Waals surface area contributed by atoms with Crippen LogP contribution < -0.4 is 0 Å². The summed E-state index contributed by atoms with van der Waals surface area (Å²) >= 11 is 0. The minimum atomic E-state index is -0.657. The molecule has 0 aliphatic heterocycles. The molecule has 0 heterocycles. The Labute approximate surface area is 172 Å². The molecule has 26 heavy (non-hydrogen) atoms. The second-order valence-corrected chi connectivity index (χ2v) is 3.15. The van der Waals surface area contributed by atoms with Crippen molar-refractivity contribution in [2.24, 2.45) is 0 Å². The molecule has 2 rings (SSSR count). The molecule has 0 amide bonds. The molecule has 1 saturated carbocycles. The molecule has 9 heteroatoms. The molecule has 0 saturated heterocycles. The van der Waals surface area contributed by atoms with Crippen LogP contribution in [0, 0.1) is 51.7 Å². The van der Waals surface area contributed by atoms with E-state index < -0.39 is 5.60 Å². The Bertz CT molecular complexity index is 525. The third-order valence-corrected chi connectivity index (χ3v) is 1.94. The van der Waals surface area contributed by atoms with E-state index in [9.17, 15) is 5.11 Å². The van der Waals surface area contributed by atoms with Gasteiger partial charge < -0.3 is 5.11 Å². The zero-order valence-corrected chi connectivity index (χ0v) is 14.9. The van der Waals surface area contributed by atoms with Crippen LogP contribution in [-0.4, -0.2) is 10.7 Å². The summed E-state index contributed by atoms with van der Waals surface area (Å²) < 4.78 is 45.0. The summed E-state index contributed by atoms with van der Waals surface area (Å²) in [6.45, 7) is 27.0. The van der Waals surface area contributed by atoms with Crippen molar-refractivity contribution in [1.82, 2.24) is 0 Å². The predicted octanol–water partition coefficient (Wildman–Crippen LogP) is 1.33. The second-order valence-electron chi connectivity index (χ2n) is 3.15. The Morgan fingerprint density at radius 1 is 0.692 bits per heavy atom. The van der Waals surface area contributed by atoms with Crippen molar-refractivity contribution in [1.29, 1.82) is 0 Å². The van der Waals surface area contributed by atoms with E-state index in [1.165, 1.54) is 0 Å². The average Bonchev–Trinajstić information content (AvgIpc) is 3.48. The number of hydrogen-bond donors (Lipinski definition) is 1. The molecule has 0 unspecified atom stereocenters. The van der Waals surface area contributed by atoms with Gasteiger partial charge in [0.05, 0.1) is 0 Å². The fraction of sp³-hybridized carbons (Fsp3) is 0.176. The molecular weight excluding hydrogens is 434 g/mol. The minimum absolute atomic E-state index is 0. The fourth-order valence-corrected chi connectivity index (χ4v) is 0.953. The van der Waals surface area contributed by atoms with Gasteiger partial charge in [0, 0.05) is 39.1 Å². The van der Waals surface area contributed by atoms with Crippen molar-refractivity contribution in [2.45, 2.75) is 18.4 Å². The molecule has 0 spiro atoms. The number of rotatable bonds is 0. The zero-order chi connectivity index (χ0) is 20.4. The maximum atomic E-state index is 9.42. The quantitative estimate of drug-likeness (QED) is 0.360. The zero-order valence-electron chi connectivity index (χ0n) is 12.9. The van der Waals surface area contributed by atoms with E-state index in [0.717, 1.165) is 18.4 Å². The van der Waals surface area contributed by atoms with E-state index in [1.807, 2.05) is 30.3 Å². The van der Waals surface area contributed by atoms with Crippen molar-refractivity contribution in [2.75, 3.05) is 0 Å². The van der Waals surface area contributed by atoms with E-state index in [-0.39, 0.29) is 33.6 Å². The summed E-state index contributed by atoms with van der Waals surface area (Å²) in [5.74, 6) is 5.80. The molecule has 2 radical (unpaired) electrons. The third-order valence-electron chi connectivity index (χ3n) is 1.94. The SMILES string of the molecule is OC1(C#Cc2ccccc2)CC1.[C-]#[O+].[C-]#[O+].[C-]#[O+].[C-]#[O+].[C-]#[O+].[C-]#[O+].[Co].[Co]. The summed E-state index contributed by atoms with van der Waals surface area (Å²) in [5, 5.41) is 9.42. The van der Waals surface area contributed by atoms with Gasteiger partial charge in [-0.3, -0.25) is 0 Å². The molecule has 7 nitrogen and oxygen atoms in total. The monoisotopic (exact) mass is 444 g/mol. The van der Waals surface area contributed by atoms with Gasteiger partial charge in [0.15, 0.2) is 0 Å². The molecule has 1 fully saturated rings. The van der Waals surface area contributed by atoms with E-state index in [0.29, 0.717) is 0 Å². The molecule has 1 aliphatic rings. The molecule has 0 atom stereocenters. The average molecular weight is 444 g/mol. The summed E-state index contributed by atoms with van der Waals surface area (Å²) in [6, 6.07) is 9.73. The Hall–Kier alpha value is -1.81. The minimum Gasteiger partial charge on any atom is 0 e.